The van der Waals surface area contributed by atoms with E-state index in [4.69, 9.17) is 0 Å². The number of benzene rings is 2. The molecule has 0 bridgehead atoms. The number of hydrogen-bond donors (Lipinski definition) is 0. The SMILES string of the molecule is CCCN1c2cc(C)c(/C=C3/SC(=Nc4ccccc4)N(C)C3=O)cc2C(C)CC1(C)C. The molecule has 1 amide bonds. The number of para-hydroxylation sites is 1. The van der Waals surface area contributed by atoms with Gasteiger partial charge in [-0.1, -0.05) is 32.0 Å². The van der Waals surface area contributed by atoms with Crippen molar-refractivity contribution >= 4 is 40.3 Å². The molecule has 2 aliphatic rings. The van der Waals surface area contributed by atoms with Crippen molar-refractivity contribution in [2.75, 3.05) is 18.5 Å². The first-order chi connectivity index (χ1) is 15.2. The number of rotatable bonds is 4. The molecule has 2 heterocycles. The van der Waals surface area contributed by atoms with E-state index in [1.54, 1.807) is 11.9 Å². The van der Waals surface area contributed by atoms with E-state index in [1.807, 2.05) is 36.4 Å². The lowest BCUT2D eigenvalue weighted by molar-refractivity contribution is -0.121. The molecule has 4 rings (SSSR count). The van der Waals surface area contributed by atoms with E-state index in [0.717, 1.165) is 35.5 Å². The lowest BCUT2D eigenvalue weighted by atomic mass is 9.79. The predicted octanol–water partition coefficient (Wildman–Crippen LogP) is 6.73. The van der Waals surface area contributed by atoms with Gasteiger partial charge >= 0.3 is 0 Å². The fourth-order valence-corrected chi connectivity index (χ4v) is 5.84. The van der Waals surface area contributed by atoms with Gasteiger partial charge in [-0.25, -0.2) is 4.99 Å². The molecule has 0 saturated carbocycles. The van der Waals surface area contributed by atoms with Crippen molar-refractivity contribution in [3.8, 4) is 0 Å². The minimum absolute atomic E-state index is 0.00333. The number of thioether (sulfide) groups is 1. The van der Waals surface area contributed by atoms with Gasteiger partial charge in [0, 0.05) is 24.8 Å². The quantitative estimate of drug-likeness (QED) is 0.487. The highest BCUT2D eigenvalue weighted by atomic mass is 32.2. The number of amides is 1. The van der Waals surface area contributed by atoms with Crippen LogP contribution in [-0.2, 0) is 4.79 Å². The van der Waals surface area contributed by atoms with Crippen LogP contribution in [0, 0.1) is 6.92 Å². The fourth-order valence-electron chi connectivity index (χ4n) is 4.86. The first-order valence-corrected chi connectivity index (χ1v) is 12.3. The molecule has 2 aliphatic heterocycles. The Morgan fingerprint density at radius 2 is 1.94 bits per heavy atom. The van der Waals surface area contributed by atoms with Crippen molar-refractivity contribution in [1.82, 2.24) is 4.90 Å². The van der Waals surface area contributed by atoms with Crippen molar-refractivity contribution in [3.05, 3.63) is 64.1 Å². The molecule has 1 fully saturated rings. The van der Waals surface area contributed by atoms with Crippen LogP contribution >= 0.6 is 11.8 Å². The summed E-state index contributed by atoms with van der Waals surface area (Å²) in [6.07, 6.45) is 4.30. The Labute approximate surface area is 196 Å². The number of carbonyl (C=O) groups is 1. The van der Waals surface area contributed by atoms with Gasteiger partial charge in [0.1, 0.15) is 0 Å². The second kappa shape index (κ2) is 8.78. The van der Waals surface area contributed by atoms with E-state index < -0.39 is 0 Å². The van der Waals surface area contributed by atoms with Crippen molar-refractivity contribution in [2.24, 2.45) is 4.99 Å². The van der Waals surface area contributed by atoms with Crippen LogP contribution in [0.2, 0.25) is 0 Å². The zero-order valence-corrected chi connectivity index (χ0v) is 20.8. The van der Waals surface area contributed by atoms with E-state index in [9.17, 15) is 4.79 Å². The van der Waals surface area contributed by atoms with Crippen LogP contribution in [0.4, 0.5) is 11.4 Å². The maximum Gasteiger partial charge on any atom is 0.266 e. The van der Waals surface area contributed by atoms with Crippen LogP contribution < -0.4 is 4.90 Å². The molecule has 168 valence electrons. The van der Waals surface area contributed by atoms with Crippen LogP contribution in [-0.4, -0.2) is 35.1 Å². The number of fused-ring (bicyclic) bond motifs is 1. The second-order valence-electron chi connectivity index (χ2n) is 9.54. The first kappa shape index (κ1) is 22.7. The third-order valence-electron chi connectivity index (χ3n) is 6.49. The van der Waals surface area contributed by atoms with Crippen molar-refractivity contribution < 1.29 is 4.79 Å². The van der Waals surface area contributed by atoms with E-state index in [2.05, 4.69) is 56.6 Å². The van der Waals surface area contributed by atoms with Gasteiger partial charge in [0.15, 0.2) is 5.17 Å². The maximum atomic E-state index is 12.9. The van der Waals surface area contributed by atoms with Crippen molar-refractivity contribution in [3.63, 3.8) is 0 Å². The van der Waals surface area contributed by atoms with E-state index >= 15 is 0 Å². The Bertz CT molecular complexity index is 1090. The highest BCUT2D eigenvalue weighted by Gasteiger charge is 2.36. The van der Waals surface area contributed by atoms with Crippen molar-refractivity contribution in [2.45, 2.75) is 58.9 Å². The topological polar surface area (TPSA) is 35.9 Å². The minimum Gasteiger partial charge on any atom is -0.366 e. The zero-order chi connectivity index (χ0) is 23.0. The molecule has 1 atom stereocenters. The minimum atomic E-state index is 0.00333. The average molecular weight is 448 g/mol. The van der Waals surface area contributed by atoms with Crippen LogP contribution in [0.3, 0.4) is 0 Å². The van der Waals surface area contributed by atoms with Crippen LogP contribution in [0.1, 0.15) is 63.1 Å². The molecule has 0 radical (unpaired) electrons. The summed E-state index contributed by atoms with van der Waals surface area (Å²) in [6.45, 7) is 12.5. The largest absolute Gasteiger partial charge is 0.366 e. The molecule has 0 N–H and O–H groups in total. The normalized spacial score (nSPS) is 22.7. The van der Waals surface area contributed by atoms with Gasteiger partial charge in [-0.3, -0.25) is 9.69 Å². The summed E-state index contributed by atoms with van der Waals surface area (Å²) >= 11 is 1.45. The zero-order valence-electron chi connectivity index (χ0n) is 20.0. The van der Waals surface area contributed by atoms with Gasteiger partial charge in [0.2, 0.25) is 0 Å². The molecule has 0 spiro atoms. The number of carbonyl (C=O) groups excluding carboxylic acids is 1. The summed E-state index contributed by atoms with van der Waals surface area (Å²) in [5.41, 5.74) is 6.07. The van der Waals surface area contributed by atoms with Gasteiger partial charge in [-0.05, 0) is 98.3 Å². The molecule has 2 aromatic rings. The number of anilines is 1. The monoisotopic (exact) mass is 447 g/mol. The summed E-state index contributed by atoms with van der Waals surface area (Å²) in [6, 6.07) is 14.4. The lowest BCUT2D eigenvalue weighted by Gasteiger charge is -2.48. The predicted molar refractivity (Wildman–Crippen MR) is 138 cm³/mol. The molecular formula is C27H33N3OS. The summed E-state index contributed by atoms with van der Waals surface area (Å²) in [4.78, 5) is 22.5. The third kappa shape index (κ3) is 4.23. The van der Waals surface area contributed by atoms with Gasteiger partial charge in [0.25, 0.3) is 5.91 Å². The van der Waals surface area contributed by atoms with E-state index in [0.29, 0.717) is 11.1 Å². The Hall–Kier alpha value is -2.53. The highest BCUT2D eigenvalue weighted by molar-refractivity contribution is 8.18. The Morgan fingerprint density at radius 1 is 1.22 bits per heavy atom. The Morgan fingerprint density at radius 3 is 2.62 bits per heavy atom. The number of likely N-dealkylation sites (N-methyl/N-ethyl adjacent to an activating group) is 1. The lowest BCUT2D eigenvalue weighted by Crippen LogP contribution is -2.48. The second-order valence-corrected chi connectivity index (χ2v) is 10.6. The molecule has 32 heavy (non-hydrogen) atoms. The van der Waals surface area contributed by atoms with Crippen molar-refractivity contribution in [1.29, 1.82) is 0 Å². The van der Waals surface area contributed by atoms with Gasteiger partial charge in [-0.15, -0.1) is 0 Å². The third-order valence-corrected chi connectivity index (χ3v) is 7.55. The number of aliphatic imine (C=N–C) groups is 1. The molecule has 4 nitrogen and oxygen atoms in total. The molecule has 0 aliphatic carbocycles. The first-order valence-electron chi connectivity index (χ1n) is 11.4. The number of hydrogen-bond acceptors (Lipinski definition) is 4. The number of amidine groups is 1. The van der Waals surface area contributed by atoms with Gasteiger partial charge in [-0.2, -0.15) is 0 Å². The highest BCUT2D eigenvalue weighted by Crippen LogP contribution is 2.45. The molecule has 1 saturated heterocycles. The smallest absolute Gasteiger partial charge is 0.266 e. The van der Waals surface area contributed by atoms with Gasteiger partial charge in [0.05, 0.1) is 10.6 Å². The Kier molecular flexibility index (Phi) is 6.22. The molecule has 1 unspecified atom stereocenters. The van der Waals surface area contributed by atoms with E-state index in [1.165, 1.54) is 28.6 Å². The maximum absolute atomic E-state index is 12.9. The average Bonchev–Trinajstić information content (AvgIpc) is 3.00. The fraction of sp³-hybridized carbons (Fsp3) is 0.407. The molecule has 0 aromatic heterocycles. The summed E-state index contributed by atoms with van der Waals surface area (Å²) in [5, 5.41) is 0.715. The summed E-state index contributed by atoms with van der Waals surface area (Å²) < 4.78 is 0. The summed E-state index contributed by atoms with van der Waals surface area (Å²) in [7, 11) is 1.80. The Balaban J connectivity index is 1.70. The number of nitrogens with zero attached hydrogens (tertiary/aromatic N) is 3. The molecule has 2 aromatic carbocycles. The molecule has 5 heteroatoms. The van der Waals surface area contributed by atoms with Gasteiger partial charge < -0.3 is 4.90 Å². The standard InChI is InChI=1S/C27H33N3OS/c1-7-13-30-23-14-18(2)20(15-22(23)19(3)17-27(30,4)5)16-24-25(31)29(6)26(32-24)28-21-11-9-8-10-12-21/h8-12,14-16,19H,7,13,17H2,1-6H3/b24-16+,28-26?. The van der Waals surface area contributed by atoms with Crippen LogP contribution in [0.15, 0.2) is 52.4 Å². The van der Waals surface area contributed by atoms with Crippen LogP contribution in [0.5, 0.6) is 0 Å². The van der Waals surface area contributed by atoms with Crippen LogP contribution in [0.25, 0.3) is 6.08 Å². The summed E-state index contributed by atoms with van der Waals surface area (Å²) in [5.74, 6) is 0.485. The molecular weight excluding hydrogens is 414 g/mol. The number of aryl methyl sites for hydroxylation is 1. The van der Waals surface area contributed by atoms with E-state index in [-0.39, 0.29) is 11.4 Å².